The van der Waals surface area contributed by atoms with Crippen molar-refractivity contribution in [2.45, 2.75) is 46.0 Å². The fraction of sp³-hybridized carbons (Fsp3) is 0.381. The highest BCUT2D eigenvalue weighted by Gasteiger charge is 2.32. The van der Waals surface area contributed by atoms with Gasteiger partial charge in [0.15, 0.2) is 5.78 Å². The van der Waals surface area contributed by atoms with E-state index >= 15 is 0 Å². The number of halogens is 1. The lowest BCUT2D eigenvalue weighted by Crippen LogP contribution is -2.36. The van der Waals surface area contributed by atoms with Crippen LogP contribution in [0.5, 0.6) is 0 Å². The Morgan fingerprint density at radius 2 is 1.93 bits per heavy atom. The molecule has 2 unspecified atom stereocenters. The van der Waals surface area contributed by atoms with E-state index in [1.807, 2.05) is 32.0 Å². The summed E-state index contributed by atoms with van der Waals surface area (Å²) in [6.07, 6.45) is 2.82. The van der Waals surface area contributed by atoms with Gasteiger partial charge in [-0.15, -0.1) is 0 Å². The van der Waals surface area contributed by atoms with Crippen LogP contribution in [-0.4, -0.2) is 55.1 Å². The summed E-state index contributed by atoms with van der Waals surface area (Å²) in [5.41, 5.74) is 2.68. The van der Waals surface area contributed by atoms with Crippen LogP contribution in [0.1, 0.15) is 36.6 Å². The molecule has 0 aliphatic carbocycles. The number of likely N-dealkylation sites (tertiary alicyclic amines) is 1. The average molecular weight is 395 g/mol. The highest BCUT2D eigenvalue weighted by Crippen LogP contribution is 2.27. The molecule has 1 fully saturated rings. The van der Waals surface area contributed by atoms with Crippen molar-refractivity contribution in [3.8, 4) is 11.1 Å². The second-order valence-electron chi connectivity index (χ2n) is 7.54. The van der Waals surface area contributed by atoms with Crippen LogP contribution in [0, 0.1) is 6.92 Å². The molecule has 4 rings (SSSR count). The van der Waals surface area contributed by atoms with Gasteiger partial charge in [0.2, 0.25) is 5.91 Å². The fourth-order valence-corrected chi connectivity index (χ4v) is 3.81. The first-order valence-corrected chi connectivity index (χ1v) is 9.57. The maximum Gasteiger partial charge on any atom is 0.244 e. The molecule has 3 heterocycles. The van der Waals surface area contributed by atoms with Crippen molar-refractivity contribution in [2.75, 3.05) is 6.54 Å². The minimum Gasteiger partial charge on any atom is -0.335 e. The van der Waals surface area contributed by atoms with Crippen molar-refractivity contribution in [3.05, 3.63) is 42.1 Å². The summed E-state index contributed by atoms with van der Waals surface area (Å²) in [4.78, 5) is 34.8. The predicted octanol–water partition coefficient (Wildman–Crippen LogP) is 2.96. The zero-order chi connectivity index (χ0) is 20.7. The Morgan fingerprint density at radius 1 is 1.21 bits per heavy atom. The smallest absolute Gasteiger partial charge is 0.244 e. The molecule has 1 aliphatic rings. The number of Topliss-reactive ketones (excluding diaryl/α,β-unsaturated/α-hetero) is 1. The van der Waals surface area contributed by atoms with Gasteiger partial charge in [0.25, 0.3) is 0 Å². The monoisotopic (exact) mass is 395 g/mol. The number of carbonyl (C=O) groups excluding carboxylic acids is 2. The average Bonchev–Trinajstić information content (AvgIpc) is 3.21. The number of amides is 1. The molecule has 1 aromatic carbocycles. The minimum absolute atomic E-state index is 0.0339. The lowest BCUT2D eigenvalue weighted by Gasteiger charge is -2.21. The summed E-state index contributed by atoms with van der Waals surface area (Å²) >= 11 is 0. The number of hydrogen-bond acceptors (Lipinski definition) is 5. The van der Waals surface area contributed by atoms with Gasteiger partial charge in [-0.3, -0.25) is 14.3 Å². The molecular weight excluding hydrogens is 373 g/mol. The molecule has 1 amide bonds. The third-order valence-corrected chi connectivity index (χ3v) is 5.33. The van der Waals surface area contributed by atoms with Gasteiger partial charge in [0, 0.05) is 42.7 Å². The number of rotatable bonds is 4. The van der Waals surface area contributed by atoms with E-state index in [9.17, 15) is 14.0 Å². The van der Waals surface area contributed by atoms with E-state index in [4.69, 9.17) is 0 Å². The first-order chi connectivity index (χ1) is 13.8. The SMILES string of the molecule is CC(=O)c1nn(CC(=O)N2CC(F)CC2C)c2ccc(-c3cnc(C)nc3)cc12. The molecule has 3 aromatic rings. The van der Waals surface area contributed by atoms with Crippen molar-refractivity contribution in [1.82, 2.24) is 24.6 Å². The second-order valence-corrected chi connectivity index (χ2v) is 7.54. The Morgan fingerprint density at radius 3 is 2.55 bits per heavy atom. The molecule has 0 spiro atoms. The molecule has 0 radical (unpaired) electrons. The van der Waals surface area contributed by atoms with E-state index in [0.717, 1.165) is 11.1 Å². The molecule has 0 bridgehead atoms. The molecule has 1 aliphatic heterocycles. The number of fused-ring (bicyclic) bond motifs is 1. The van der Waals surface area contributed by atoms with Gasteiger partial charge >= 0.3 is 0 Å². The molecule has 1 saturated heterocycles. The highest BCUT2D eigenvalue weighted by atomic mass is 19.1. The minimum atomic E-state index is -0.990. The van der Waals surface area contributed by atoms with Crippen molar-refractivity contribution < 1.29 is 14.0 Å². The standard InChI is InChI=1S/C21H22FN5O2/c1-12-6-17(22)10-26(12)20(29)11-27-19-5-4-15(16-8-23-14(3)24-9-16)7-18(19)21(25-27)13(2)28/h4-5,7-9,12,17H,6,10-11H2,1-3H3. The van der Waals surface area contributed by atoms with E-state index in [-0.39, 0.29) is 30.8 Å². The number of aromatic nitrogens is 4. The second kappa shape index (κ2) is 7.35. The van der Waals surface area contributed by atoms with Crippen LogP contribution in [0.3, 0.4) is 0 Å². The summed E-state index contributed by atoms with van der Waals surface area (Å²) in [6, 6.07) is 5.45. The molecule has 7 nitrogen and oxygen atoms in total. The Balaban J connectivity index is 1.71. The van der Waals surface area contributed by atoms with E-state index in [1.54, 1.807) is 17.3 Å². The maximum absolute atomic E-state index is 13.6. The van der Waals surface area contributed by atoms with Crippen molar-refractivity contribution in [2.24, 2.45) is 0 Å². The first kappa shape index (κ1) is 19.2. The van der Waals surface area contributed by atoms with Gasteiger partial charge in [-0.2, -0.15) is 5.10 Å². The summed E-state index contributed by atoms with van der Waals surface area (Å²) < 4.78 is 15.2. The number of ketones is 1. The number of aryl methyl sites for hydroxylation is 1. The fourth-order valence-electron chi connectivity index (χ4n) is 3.81. The Kier molecular flexibility index (Phi) is 4.86. The Labute approximate surface area is 167 Å². The highest BCUT2D eigenvalue weighted by molar-refractivity contribution is 6.06. The van der Waals surface area contributed by atoms with Crippen LogP contribution in [0.4, 0.5) is 4.39 Å². The number of alkyl halides is 1. The molecule has 0 saturated carbocycles. The van der Waals surface area contributed by atoms with Gasteiger partial charge in [-0.05, 0) is 31.5 Å². The largest absolute Gasteiger partial charge is 0.335 e. The lowest BCUT2D eigenvalue weighted by atomic mass is 10.0. The Bertz CT molecular complexity index is 1090. The Hall–Kier alpha value is -3.16. The topological polar surface area (TPSA) is 81.0 Å². The van der Waals surface area contributed by atoms with E-state index in [1.165, 1.54) is 11.6 Å². The molecule has 2 aromatic heterocycles. The molecule has 150 valence electrons. The van der Waals surface area contributed by atoms with Crippen LogP contribution in [-0.2, 0) is 11.3 Å². The normalized spacial score (nSPS) is 19.1. The molecule has 2 atom stereocenters. The van der Waals surface area contributed by atoms with Crippen molar-refractivity contribution >= 4 is 22.6 Å². The third-order valence-electron chi connectivity index (χ3n) is 5.33. The summed E-state index contributed by atoms with van der Waals surface area (Å²) in [5, 5.41) is 5.06. The molecule has 0 N–H and O–H groups in total. The zero-order valence-electron chi connectivity index (χ0n) is 16.6. The maximum atomic E-state index is 13.6. The van der Waals surface area contributed by atoms with Gasteiger partial charge in [0.1, 0.15) is 24.2 Å². The number of carbonyl (C=O) groups is 2. The quantitative estimate of drug-likeness (QED) is 0.635. The summed E-state index contributed by atoms with van der Waals surface area (Å²) in [6.45, 7) is 5.18. The number of benzene rings is 1. The van der Waals surface area contributed by atoms with Gasteiger partial charge in [0.05, 0.1) is 12.1 Å². The van der Waals surface area contributed by atoms with Gasteiger partial charge in [-0.25, -0.2) is 14.4 Å². The van der Waals surface area contributed by atoms with Crippen molar-refractivity contribution in [1.29, 1.82) is 0 Å². The molecule has 8 heteroatoms. The van der Waals surface area contributed by atoms with E-state index < -0.39 is 6.17 Å². The van der Waals surface area contributed by atoms with Crippen LogP contribution in [0.15, 0.2) is 30.6 Å². The molecule has 29 heavy (non-hydrogen) atoms. The predicted molar refractivity (Wildman–Crippen MR) is 106 cm³/mol. The van der Waals surface area contributed by atoms with Crippen LogP contribution in [0.25, 0.3) is 22.0 Å². The lowest BCUT2D eigenvalue weighted by molar-refractivity contribution is -0.132. The van der Waals surface area contributed by atoms with E-state index in [0.29, 0.717) is 28.8 Å². The zero-order valence-corrected chi connectivity index (χ0v) is 16.6. The molecular formula is C21H22FN5O2. The number of nitrogens with zero attached hydrogens (tertiary/aromatic N) is 5. The van der Waals surface area contributed by atoms with Crippen LogP contribution in [0.2, 0.25) is 0 Å². The van der Waals surface area contributed by atoms with Gasteiger partial charge in [-0.1, -0.05) is 6.07 Å². The van der Waals surface area contributed by atoms with Gasteiger partial charge < -0.3 is 4.90 Å². The summed E-state index contributed by atoms with van der Waals surface area (Å²) in [7, 11) is 0. The first-order valence-electron chi connectivity index (χ1n) is 9.57. The number of hydrogen-bond donors (Lipinski definition) is 0. The third kappa shape index (κ3) is 3.62. The van der Waals surface area contributed by atoms with Crippen LogP contribution < -0.4 is 0 Å². The van der Waals surface area contributed by atoms with E-state index in [2.05, 4.69) is 15.1 Å². The van der Waals surface area contributed by atoms with Crippen LogP contribution >= 0.6 is 0 Å². The van der Waals surface area contributed by atoms with Crippen molar-refractivity contribution in [3.63, 3.8) is 0 Å². The summed E-state index contributed by atoms with van der Waals surface area (Å²) in [5.74, 6) is 0.294.